The van der Waals surface area contributed by atoms with Crippen LogP contribution in [0.2, 0.25) is 0 Å². The minimum atomic E-state index is -3.52. The lowest BCUT2D eigenvalue weighted by atomic mass is 10.2. The topological polar surface area (TPSA) is 41.6 Å². The van der Waals surface area contributed by atoms with Gasteiger partial charge in [0, 0.05) is 6.20 Å². The smallest absolute Gasteiger partial charge is 0.196 e. The number of alkyl halides is 2. The van der Waals surface area contributed by atoms with E-state index in [0.717, 1.165) is 24.5 Å². The molecule has 68 valence electrons. The average molecular weight is 183 g/mol. The first-order valence-electron chi connectivity index (χ1n) is 3.97. The van der Waals surface area contributed by atoms with Crippen LogP contribution in [-0.4, -0.2) is 9.78 Å². The Balaban J connectivity index is 2.27. The van der Waals surface area contributed by atoms with Crippen LogP contribution in [0.25, 0.3) is 0 Å². The first kappa shape index (κ1) is 8.17. The molecule has 1 aliphatic rings. The number of rotatable bonds is 2. The molecule has 0 aromatic carbocycles. The summed E-state index contributed by atoms with van der Waals surface area (Å²) in [6, 6.07) is -2.62. The summed E-state index contributed by atoms with van der Waals surface area (Å²) >= 11 is 0. The SMILES string of the molecule is N#CC(F)(F)n1cc(C2CC2)cn1. The quantitative estimate of drug-likeness (QED) is 0.701. The highest BCUT2D eigenvalue weighted by Crippen LogP contribution is 2.40. The molecule has 13 heavy (non-hydrogen) atoms. The van der Waals surface area contributed by atoms with Gasteiger partial charge in [0.2, 0.25) is 0 Å². The Morgan fingerprint density at radius 2 is 2.31 bits per heavy atom. The van der Waals surface area contributed by atoms with E-state index in [2.05, 4.69) is 5.10 Å². The van der Waals surface area contributed by atoms with Crippen molar-refractivity contribution in [2.24, 2.45) is 0 Å². The van der Waals surface area contributed by atoms with Crippen molar-refractivity contribution < 1.29 is 8.78 Å². The van der Waals surface area contributed by atoms with Gasteiger partial charge in [0.25, 0.3) is 0 Å². The Kier molecular flexibility index (Phi) is 1.59. The van der Waals surface area contributed by atoms with E-state index in [9.17, 15) is 8.78 Å². The van der Waals surface area contributed by atoms with Gasteiger partial charge in [0.1, 0.15) is 0 Å². The molecule has 1 heterocycles. The third-order valence-electron chi connectivity index (χ3n) is 2.07. The lowest BCUT2D eigenvalue weighted by Gasteiger charge is -2.05. The lowest BCUT2D eigenvalue weighted by molar-refractivity contribution is -0.0310. The minimum Gasteiger partial charge on any atom is -0.196 e. The van der Waals surface area contributed by atoms with Gasteiger partial charge in [-0.05, 0) is 24.3 Å². The first-order valence-corrected chi connectivity index (χ1v) is 3.97. The molecule has 3 nitrogen and oxygen atoms in total. The van der Waals surface area contributed by atoms with Gasteiger partial charge >= 0.3 is 6.05 Å². The Labute approximate surface area is 73.6 Å². The van der Waals surface area contributed by atoms with E-state index in [1.807, 2.05) is 0 Å². The van der Waals surface area contributed by atoms with Crippen LogP contribution in [0.3, 0.4) is 0 Å². The highest BCUT2D eigenvalue weighted by atomic mass is 19.3. The van der Waals surface area contributed by atoms with Crippen LogP contribution in [0, 0.1) is 11.3 Å². The monoisotopic (exact) mass is 183 g/mol. The summed E-state index contributed by atoms with van der Waals surface area (Å²) < 4.78 is 25.9. The van der Waals surface area contributed by atoms with Crippen LogP contribution in [0.1, 0.15) is 24.3 Å². The molecule has 1 aromatic heterocycles. The van der Waals surface area contributed by atoms with Gasteiger partial charge in [-0.25, -0.2) is 0 Å². The Morgan fingerprint density at radius 1 is 1.62 bits per heavy atom. The first-order chi connectivity index (χ1) is 6.13. The molecular formula is C8H7F2N3. The van der Waals surface area contributed by atoms with Crippen molar-refractivity contribution in [3.8, 4) is 6.07 Å². The van der Waals surface area contributed by atoms with E-state index in [1.165, 1.54) is 12.4 Å². The van der Waals surface area contributed by atoms with Crippen molar-refractivity contribution in [3.05, 3.63) is 18.0 Å². The molecule has 5 heteroatoms. The summed E-state index contributed by atoms with van der Waals surface area (Å²) in [5.41, 5.74) is 0.801. The zero-order valence-electron chi connectivity index (χ0n) is 6.74. The number of nitriles is 1. The van der Waals surface area contributed by atoms with E-state index < -0.39 is 6.05 Å². The summed E-state index contributed by atoms with van der Waals surface area (Å²) in [4.78, 5) is 0. The van der Waals surface area contributed by atoms with Crippen molar-refractivity contribution in [2.45, 2.75) is 24.8 Å². The van der Waals surface area contributed by atoms with E-state index in [0.29, 0.717) is 10.6 Å². The van der Waals surface area contributed by atoms with E-state index in [-0.39, 0.29) is 0 Å². The molecule has 1 aliphatic carbocycles. The highest BCUT2D eigenvalue weighted by Gasteiger charge is 2.34. The zero-order valence-corrected chi connectivity index (χ0v) is 6.74. The van der Waals surface area contributed by atoms with E-state index in [4.69, 9.17) is 5.26 Å². The second kappa shape index (κ2) is 2.52. The van der Waals surface area contributed by atoms with Crippen molar-refractivity contribution in [3.63, 3.8) is 0 Å². The van der Waals surface area contributed by atoms with E-state index >= 15 is 0 Å². The molecule has 0 aliphatic heterocycles. The van der Waals surface area contributed by atoms with Gasteiger partial charge in [0.15, 0.2) is 6.07 Å². The summed E-state index contributed by atoms with van der Waals surface area (Å²) in [6.07, 6.45) is 4.72. The second-order valence-electron chi connectivity index (χ2n) is 3.15. The van der Waals surface area contributed by atoms with Crippen LogP contribution < -0.4 is 0 Å². The lowest BCUT2D eigenvalue weighted by Crippen LogP contribution is -2.20. The molecule has 0 spiro atoms. The van der Waals surface area contributed by atoms with Crippen LogP contribution in [0.5, 0.6) is 0 Å². The molecule has 0 N–H and O–H groups in total. The highest BCUT2D eigenvalue weighted by molar-refractivity contribution is 5.17. The number of halogens is 2. The Bertz CT molecular complexity index is 360. The predicted octanol–water partition coefficient (Wildman–Crippen LogP) is 1.83. The number of hydrogen-bond acceptors (Lipinski definition) is 2. The second-order valence-corrected chi connectivity index (χ2v) is 3.15. The summed E-state index contributed by atoms with van der Waals surface area (Å²) in [6.45, 7) is 0. The minimum absolute atomic E-state index is 0.378. The third-order valence-corrected chi connectivity index (χ3v) is 2.07. The molecule has 2 rings (SSSR count). The normalized spacial score (nSPS) is 17.0. The van der Waals surface area contributed by atoms with Crippen molar-refractivity contribution >= 4 is 0 Å². The largest absolute Gasteiger partial charge is 0.433 e. The summed E-state index contributed by atoms with van der Waals surface area (Å²) in [5.74, 6) is 0.378. The fourth-order valence-corrected chi connectivity index (χ4v) is 1.17. The standard InChI is InChI=1S/C8H7F2N3/c9-8(10,5-11)13-4-7(3-12-13)6-1-2-6/h3-4,6H,1-2H2. The molecule has 0 bridgehead atoms. The van der Waals surface area contributed by atoms with Gasteiger partial charge < -0.3 is 0 Å². The summed E-state index contributed by atoms with van der Waals surface area (Å²) in [5, 5.41) is 11.6. The van der Waals surface area contributed by atoms with Crippen LogP contribution in [0.4, 0.5) is 8.78 Å². The molecule has 0 atom stereocenters. The third kappa shape index (κ3) is 1.39. The fraction of sp³-hybridized carbons (Fsp3) is 0.500. The van der Waals surface area contributed by atoms with Gasteiger partial charge in [-0.15, -0.1) is 0 Å². The number of hydrogen-bond donors (Lipinski definition) is 0. The van der Waals surface area contributed by atoms with Crippen LogP contribution in [-0.2, 0) is 6.05 Å². The summed E-state index contributed by atoms with van der Waals surface area (Å²) in [7, 11) is 0. The van der Waals surface area contributed by atoms with Gasteiger partial charge in [-0.2, -0.15) is 23.8 Å². The number of nitrogens with zero attached hydrogens (tertiary/aromatic N) is 3. The molecule has 1 saturated carbocycles. The maximum atomic E-state index is 12.7. The zero-order chi connectivity index (χ0) is 9.47. The Morgan fingerprint density at radius 3 is 2.85 bits per heavy atom. The maximum absolute atomic E-state index is 12.7. The van der Waals surface area contributed by atoms with E-state index in [1.54, 1.807) is 0 Å². The predicted molar refractivity (Wildman–Crippen MR) is 40.0 cm³/mol. The molecule has 0 saturated heterocycles. The van der Waals surface area contributed by atoms with Crippen molar-refractivity contribution in [2.75, 3.05) is 0 Å². The average Bonchev–Trinajstić information content (AvgIpc) is 2.83. The van der Waals surface area contributed by atoms with Gasteiger partial charge in [-0.1, -0.05) is 0 Å². The van der Waals surface area contributed by atoms with Crippen molar-refractivity contribution in [1.29, 1.82) is 5.26 Å². The molecule has 1 aromatic rings. The molecular weight excluding hydrogens is 176 g/mol. The number of aromatic nitrogens is 2. The maximum Gasteiger partial charge on any atom is 0.433 e. The molecule has 0 radical (unpaired) electrons. The molecule has 0 unspecified atom stereocenters. The van der Waals surface area contributed by atoms with Gasteiger partial charge in [-0.3, -0.25) is 0 Å². The van der Waals surface area contributed by atoms with Crippen LogP contribution >= 0.6 is 0 Å². The molecule has 0 amide bonds. The van der Waals surface area contributed by atoms with Crippen molar-refractivity contribution in [1.82, 2.24) is 9.78 Å². The fourth-order valence-electron chi connectivity index (χ4n) is 1.17. The van der Waals surface area contributed by atoms with Crippen LogP contribution in [0.15, 0.2) is 12.4 Å². The molecule has 1 fully saturated rings. The van der Waals surface area contributed by atoms with Gasteiger partial charge in [0.05, 0.1) is 6.20 Å². The Hall–Kier alpha value is -1.44.